The van der Waals surface area contributed by atoms with E-state index in [9.17, 15) is 5.11 Å². The molecule has 1 atom stereocenters. The van der Waals surface area contributed by atoms with Crippen LogP contribution in [0.4, 0.5) is 5.69 Å². The van der Waals surface area contributed by atoms with Crippen molar-refractivity contribution in [2.45, 2.75) is 18.9 Å². The number of hydrogen-bond acceptors (Lipinski definition) is 3. The molecule has 1 aliphatic heterocycles. The fourth-order valence-corrected chi connectivity index (χ4v) is 3.09. The molecule has 3 rings (SSSR count). The van der Waals surface area contributed by atoms with Gasteiger partial charge < -0.3 is 15.6 Å². The summed E-state index contributed by atoms with van der Waals surface area (Å²) in [7, 11) is 0. The standard InChI is InChI=1S/C16H16BrNO2/c17-13-7-11-5-6-20-16(11)12(8-13)9-15(19)10-1-3-14(18)4-2-10/h1-4,7-8,15,19H,5-6,9,18H2. The lowest BCUT2D eigenvalue weighted by Gasteiger charge is -2.14. The molecule has 0 fully saturated rings. The SMILES string of the molecule is Nc1ccc(C(O)Cc2cc(Br)cc3c2OCC3)cc1. The van der Waals surface area contributed by atoms with Crippen LogP contribution in [0.3, 0.4) is 0 Å². The van der Waals surface area contributed by atoms with E-state index in [4.69, 9.17) is 10.5 Å². The molecule has 0 aromatic heterocycles. The van der Waals surface area contributed by atoms with Crippen LogP contribution in [0.25, 0.3) is 0 Å². The third-order valence-electron chi connectivity index (χ3n) is 3.56. The van der Waals surface area contributed by atoms with Crippen LogP contribution in [0.15, 0.2) is 40.9 Å². The molecule has 0 radical (unpaired) electrons. The van der Waals surface area contributed by atoms with Gasteiger partial charge in [-0.2, -0.15) is 0 Å². The number of aliphatic hydroxyl groups is 1. The monoisotopic (exact) mass is 333 g/mol. The summed E-state index contributed by atoms with van der Waals surface area (Å²) in [5, 5.41) is 10.4. The van der Waals surface area contributed by atoms with Crippen molar-refractivity contribution in [3.8, 4) is 5.75 Å². The first-order chi connectivity index (χ1) is 9.63. The number of aliphatic hydroxyl groups excluding tert-OH is 1. The highest BCUT2D eigenvalue weighted by molar-refractivity contribution is 9.10. The summed E-state index contributed by atoms with van der Waals surface area (Å²) >= 11 is 3.52. The van der Waals surface area contributed by atoms with Crippen LogP contribution in [-0.2, 0) is 12.8 Å². The molecule has 0 saturated heterocycles. The van der Waals surface area contributed by atoms with E-state index in [1.807, 2.05) is 18.2 Å². The summed E-state index contributed by atoms with van der Waals surface area (Å²) in [5.74, 6) is 0.933. The maximum Gasteiger partial charge on any atom is 0.125 e. The third kappa shape index (κ3) is 2.67. The predicted octanol–water partition coefficient (Wildman–Crippen LogP) is 3.24. The smallest absolute Gasteiger partial charge is 0.125 e. The van der Waals surface area contributed by atoms with Crippen molar-refractivity contribution in [1.29, 1.82) is 0 Å². The van der Waals surface area contributed by atoms with Crippen LogP contribution < -0.4 is 10.5 Å². The van der Waals surface area contributed by atoms with Crippen LogP contribution in [0.5, 0.6) is 5.75 Å². The Morgan fingerprint density at radius 1 is 1.25 bits per heavy atom. The second kappa shape index (κ2) is 5.46. The molecule has 0 spiro atoms. The van der Waals surface area contributed by atoms with E-state index in [1.54, 1.807) is 12.1 Å². The minimum Gasteiger partial charge on any atom is -0.493 e. The van der Waals surface area contributed by atoms with Gasteiger partial charge in [-0.05, 0) is 41.0 Å². The van der Waals surface area contributed by atoms with Crippen molar-refractivity contribution >= 4 is 21.6 Å². The topological polar surface area (TPSA) is 55.5 Å². The molecule has 0 bridgehead atoms. The molecule has 1 aliphatic rings. The predicted molar refractivity (Wildman–Crippen MR) is 82.9 cm³/mol. The molecular weight excluding hydrogens is 318 g/mol. The number of benzene rings is 2. The van der Waals surface area contributed by atoms with E-state index >= 15 is 0 Å². The third-order valence-corrected chi connectivity index (χ3v) is 4.02. The maximum atomic E-state index is 10.4. The second-order valence-corrected chi connectivity index (χ2v) is 5.95. The quantitative estimate of drug-likeness (QED) is 0.848. The molecule has 0 amide bonds. The van der Waals surface area contributed by atoms with Crippen molar-refractivity contribution in [3.05, 3.63) is 57.6 Å². The average Bonchev–Trinajstić information content (AvgIpc) is 2.87. The molecule has 0 saturated carbocycles. The van der Waals surface area contributed by atoms with Gasteiger partial charge in [0.25, 0.3) is 0 Å². The first kappa shape index (κ1) is 13.5. The summed E-state index contributed by atoms with van der Waals surface area (Å²) in [6.45, 7) is 0.719. The van der Waals surface area contributed by atoms with Gasteiger partial charge in [-0.3, -0.25) is 0 Å². The molecule has 2 aromatic rings. The summed E-state index contributed by atoms with van der Waals surface area (Å²) in [6.07, 6.45) is 0.906. The van der Waals surface area contributed by atoms with Crippen LogP contribution in [0.1, 0.15) is 22.8 Å². The highest BCUT2D eigenvalue weighted by Crippen LogP contribution is 2.35. The van der Waals surface area contributed by atoms with Gasteiger partial charge >= 0.3 is 0 Å². The first-order valence-electron chi connectivity index (χ1n) is 6.61. The lowest BCUT2D eigenvalue weighted by Crippen LogP contribution is -2.03. The average molecular weight is 334 g/mol. The largest absolute Gasteiger partial charge is 0.493 e. The van der Waals surface area contributed by atoms with E-state index in [1.165, 1.54) is 5.56 Å². The number of hydrogen-bond donors (Lipinski definition) is 2. The number of ether oxygens (including phenoxy) is 1. The van der Waals surface area contributed by atoms with Gasteiger partial charge in [0.1, 0.15) is 5.75 Å². The van der Waals surface area contributed by atoms with Crippen molar-refractivity contribution < 1.29 is 9.84 Å². The fourth-order valence-electron chi connectivity index (χ4n) is 2.54. The lowest BCUT2D eigenvalue weighted by atomic mass is 9.98. The number of fused-ring (bicyclic) bond motifs is 1. The molecule has 20 heavy (non-hydrogen) atoms. The van der Waals surface area contributed by atoms with Gasteiger partial charge in [0, 0.05) is 23.0 Å². The zero-order chi connectivity index (χ0) is 14.1. The number of anilines is 1. The van der Waals surface area contributed by atoms with Crippen molar-refractivity contribution in [2.75, 3.05) is 12.3 Å². The van der Waals surface area contributed by atoms with Gasteiger partial charge in [-0.1, -0.05) is 28.1 Å². The number of halogens is 1. The minimum absolute atomic E-state index is 0.533. The van der Waals surface area contributed by atoms with Crippen molar-refractivity contribution in [3.63, 3.8) is 0 Å². The first-order valence-corrected chi connectivity index (χ1v) is 7.40. The van der Waals surface area contributed by atoms with Crippen molar-refractivity contribution in [2.24, 2.45) is 0 Å². The molecule has 3 nitrogen and oxygen atoms in total. The summed E-state index contributed by atoms with van der Waals surface area (Å²) in [5.41, 5.74) is 9.48. The van der Waals surface area contributed by atoms with E-state index in [2.05, 4.69) is 22.0 Å². The Kier molecular flexibility index (Phi) is 3.68. The number of nitrogens with two attached hydrogens (primary N) is 1. The molecule has 2 aromatic carbocycles. The summed E-state index contributed by atoms with van der Waals surface area (Å²) < 4.78 is 6.72. The molecule has 3 N–H and O–H groups in total. The molecule has 4 heteroatoms. The zero-order valence-electron chi connectivity index (χ0n) is 11.0. The van der Waals surface area contributed by atoms with Gasteiger partial charge in [0.05, 0.1) is 12.7 Å². The Hall–Kier alpha value is -1.52. The Balaban J connectivity index is 1.86. The molecular formula is C16H16BrNO2. The summed E-state index contributed by atoms with van der Waals surface area (Å²) in [4.78, 5) is 0. The van der Waals surface area contributed by atoms with Gasteiger partial charge in [-0.15, -0.1) is 0 Å². The highest BCUT2D eigenvalue weighted by atomic mass is 79.9. The Morgan fingerprint density at radius 3 is 2.75 bits per heavy atom. The Bertz CT molecular complexity index is 625. The van der Waals surface area contributed by atoms with E-state index in [0.717, 1.165) is 34.4 Å². The molecule has 1 unspecified atom stereocenters. The second-order valence-electron chi connectivity index (χ2n) is 5.04. The van der Waals surface area contributed by atoms with Crippen LogP contribution >= 0.6 is 15.9 Å². The fraction of sp³-hybridized carbons (Fsp3) is 0.250. The van der Waals surface area contributed by atoms with Gasteiger partial charge in [0.2, 0.25) is 0 Å². The van der Waals surface area contributed by atoms with Gasteiger partial charge in [-0.25, -0.2) is 0 Å². The lowest BCUT2D eigenvalue weighted by molar-refractivity contribution is 0.177. The molecule has 0 aliphatic carbocycles. The number of rotatable bonds is 3. The van der Waals surface area contributed by atoms with E-state index in [-0.39, 0.29) is 0 Å². The molecule has 1 heterocycles. The Labute approximate surface area is 126 Å². The summed E-state index contributed by atoms with van der Waals surface area (Å²) in [6, 6.07) is 11.4. The van der Waals surface area contributed by atoms with Gasteiger partial charge in [0.15, 0.2) is 0 Å². The van der Waals surface area contributed by atoms with Crippen LogP contribution in [0, 0.1) is 0 Å². The highest BCUT2D eigenvalue weighted by Gasteiger charge is 2.20. The van der Waals surface area contributed by atoms with E-state index < -0.39 is 6.10 Å². The van der Waals surface area contributed by atoms with Crippen LogP contribution in [-0.4, -0.2) is 11.7 Å². The van der Waals surface area contributed by atoms with E-state index in [0.29, 0.717) is 12.1 Å². The maximum absolute atomic E-state index is 10.4. The minimum atomic E-state index is -0.557. The van der Waals surface area contributed by atoms with Crippen molar-refractivity contribution in [1.82, 2.24) is 0 Å². The van der Waals surface area contributed by atoms with Crippen LogP contribution in [0.2, 0.25) is 0 Å². The zero-order valence-corrected chi connectivity index (χ0v) is 12.6. The Morgan fingerprint density at radius 2 is 2.00 bits per heavy atom. The normalized spacial score (nSPS) is 14.7. The number of nitrogen functional groups attached to an aromatic ring is 1. The molecule has 104 valence electrons.